The highest BCUT2D eigenvalue weighted by Gasteiger charge is 2.21. The van der Waals surface area contributed by atoms with Crippen LogP contribution < -0.4 is 0 Å². The van der Waals surface area contributed by atoms with Gasteiger partial charge in [-0.15, -0.1) is 0 Å². The fourth-order valence-corrected chi connectivity index (χ4v) is 2.07. The van der Waals surface area contributed by atoms with Crippen LogP contribution in [-0.4, -0.2) is 21.8 Å². The van der Waals surface area contributed by atoms with E-state index in [1.54, 1.807) is 23.1 Å². The maximum Gasteiger partial charge on any atom is 0.273 e. The molecule has 0 bridgehead atoms. The van der Waals surface area contributed by atoms with Gasteiger partial charge in [0.25, 0.3) is 5.91 Å². The summed E-state index contributed by atoms with van der Waals surface area (Å²) in [6.45, 7) is 6.21. The SMILES string of the molecule is Cc1ccc(CN(C(=O)c2cccc(Cl)n2)C(C)C)o1. The Labute approximate surface area is 123 Å². The maximum absolute atomic E-state index is 12.5. The molecule has 2 heterocycles. The zero-order chi connectivity index (χ0) is 14.7. The summed E-state index contributed by atoms with van der Waals surface area (Å²) in [4.78, 5) is 18.3. The molecular weight excluding hydrogens is 276 g/mol. The van der Waals surface area contributed by atoms with Crippen LogP contribution in [0.2, 0.25) is 5.15 Å². The number of carbonyl (C=O) groups is 1. The molecule has 0 radical (unpaired) electrons. The monoisotopic (exact) mass is 292 g/mol. The molecule has 2 aromatic heterocycles. The predicted octanol–water partition coefficient (Wildman–Crippen LogP) is 3.69. The van der Waals surface area contributed by atoms with Crippen molar-refractivity contribution in [1.29, 1.82) is 0 Å². The first-order chi connectivity index (χ1) is 9.47. The minimum Gasteiger partial charge on any atom is -0.464 e. The first kappa shape index (κ1) is 14.6. The minimum absolute atomic E-state index is 0.0358. The lowest BCUT2D eigenvalue weighted by atomic mass is 10.2. The van der Waals surface area contributed by atoms with Crippen LogP contribution in [0.25, 0.3) is 0 Å². The molecule has 106 valence electrons. The molecule has 4 nitrogen and oxygen atoms in total. The van der Waals surface area contributed by atoms with Gasteiger partial charge in [-0.3, -0.25) is 4.79 Å². The van der Waals surface area contributed by atoms with Gasteiger partial charge in [-0.1, -0.05) is 17.7 Å². The van der Waals surface area contributed by atoms with Gasteiger partial charge in [-0.2, -0.15) is 0 Å². The average Bonchev–Trinajstić information content (AvgIpc) is 2.80. The Hall–Kier alpha value is -1.81. The van der Waals surface area contributed by atoms with Crippen molar-refractivity contribution in [3.8, 4) is 0 Å². The molecule has 1 amide bonds. The summed E-state index contributed by atoms with van der Waals surface area (Å²) in [6.07, 6.45) is 0. The third-order valence-corrected chi connectivity index (χ3v) is 3.15. The molecular formula is C15H17ClN2O2. The lowest BCUT2D eigenvalue weighted by molar-refractivity contribution is 0.0669. The number of amides is 1. The second-order valence-electron chi connectivity index (χ2n) is 4.88. The van der Waals surface area contributed by atoms with Crippen molar-refractivity contribution < 1.29 is 9.21 Å². The molecule has 5 heteroatoms. The zero-order valence-corrected chi connectivity index (χ0v) is 12.5. The first-order valence-corrected chi connectivity index (χ1v) is 6.84. The number of halogens is 1. The molecule has 0 aliphatic carbocycles. The highest BCUT2D eigenvalue weighted by atomic mass is 35.5. The number of aromatic nitrogens is 1. The van der Waals surface area contributed by atoms with E-state index in [-0.39, 0.29) is 11.9 Å². The van der Waals surface area contributed by atoms with Gasteiger partial charge in [0.15, 0.2) is 0 Å². The Morgan fingerprint density at radius 2 is 2.10 bits per heavy atom. The molecule has 0 fully saturated rings. The van der Waals surface area contributed by atoms with Crippen LogP contribution in [0.4, 0.5) is 0 Å². The summed E-state index contributed by atoms with van der Waals surface area (Å²) < 4.78 is 5.53. The molecule has 0 aliphatic rings. The van der Waals surface area contributed by atoms with Crippen molar-refractivity contribution in [2.24, 2.45) is 0 Å². The maximum atomic E-state index is 12.5. The minimum atomic E-state index is -0.156. The number of nitrogens with zero attached hydrogens (tertiary/aromatic N) is 2. The number of pyridine rings is 1. The van der Waals surface area contributed by atoms with Crippen LogP contribution in [-0.2, 0) is 6.54 Å². The van der Waals surface area contributed by atoms with E-state index in [0.717, 1.165) is 11.5 Å². The Kier molecular flexibility index (Phi) is 4.45. The number of rotatable bonds is 4. The molecule has 0 aromatic carbocycles. The molecule has 2 rings (SSSR count). The summed E-state index contributed by atoms with van der Waals surface area (Å²) >= 11 is 5.84. The van der Waals surface area contributed by atoms with E-state index in [2.05, 4.69) is 4.98 Å². The average molecular weight is 293 g/mol. The summed E-state index contributed by atoms with van der Waals surface area (Å²) in [5.41, 5.74) is 0.342. The number of furan rings is 1. The first-order valence-electron chi connectivity index (χ1n) is 6.46. The topological polar surface area (TPSA) is 46.3 Å². The van der Waals surface area contributed by atoms with Gasteiger partial charge in [-0.25, -0.2) is 4.98 Å². The molecule has 0 aliphatic heterocycles. The molecule has 2 aromatic rings. The molecule has 0 atom stereocenters. The van der Waals surface area contributed by atoms with Crippen LogP contribution in [0.15, 0.2) is 34.7 Å². The zero-order valence-electron chi connectivity index (χ0n) is 11.8. The Morgan fingerprint density at radius 1 is 1.35 bits per heavy atom. The summed E-state index contributed by atoms with van der Waals surface area (Å²) in [5, 5.41) is 0.313. The molecule has 0 saturated heterocycles. The van der Waals surface area contributed by atoms with Crippen LogP contribution in [0.1, 0.15) is 35.9 Å². The van der Waals surface area contributed by atoms with Crippen LogP contribution in [0.5, 0.6) is 0 Å². The summed E-state index contributed by atoms with van der Waals surface area (Å²) in [6, 6.07) is 8.83. The third-order valence-electron chi connectivity index (χ3n) is 2.94. The largest absolute Gasteiger partial charge is 0.464 e. The van der Waals surface area contributed by atoms with E-state index in [1.807, 2.05) is 32.9 Å². The van der Waals surface area contributed by atoms with Crippen molar-refractivity contribution >= 4 is 17.5 Å². The second kappa shape index (κ2) is 6.09. The number of hydrogen-bond donors (Lipinski definition) is 0. The van der Waals surface area contributed by atoms with Crippen molar-refractivity contribution in [2.45, 2.75) is 33.4 Å². The van der Waals surface area contributed by atoms with Crippen molar-refractivity contribution in [3.63, 3.8) is 0 Å². The van der Waals surface area contributed by atoms with E-state index in [9.17, 15) is 4.79 Å². The highest BCUT2D eigenvalue weighted by Crippen LogP contribution is 2.15. The van der Waals surface area contributed by atoms with E-state index in [4.69, 9.17) is 16.0 Å². The number of carbonyl (C=O) groups excluding carboxylic acids is 1. The van der Waals surface area contributed by atoms with Crippen LogP contribution in [0.3, 0.4) is 0 Å². The second-order valence-corrected chi connectivity index (χ2v) is 5.27. The van der Waals surface area contributed by atoms with E-state index < -0.39 is 0 Å². The predicted molar refractivity (Wildman–Crippen MR) is 77.7 cm³/mol. The van der Waals surface area contributed by atoms with Gasteiger partial charge < -0.3 is 9.32 Å². The summed E-state index contributed by atoms with van der Waals surface area (Å²) in [5.74, 6) is 1.43. The van der Waals surface area contributed by atoms with Gasteiger partial charge in [0.1, 0.15) is 22.4 Å². The van der Waals surface area contributed by atoms with Gasteiger partial charge in [-0.05, 0) is 45.0 Å². The molecule has 0 N–H and O–H groups in total. The van der Waals surface area contributed by atoms with Crippen molar-refractivity contribution in [3.05, 3.63) is 52.7 Å². The van der Waals surface area contributed by atoms with Gasteiger partial charge in [0.2, 0.25) is 0 Å². The smallest absolute Gasteiger partial charge is 0.273 e. The molecule has 0 saturated carbocycles. The number of hydrogen-bond acceptors (Lipinski definition) is 3. The van der Waals surface area contributed by atoms with Gasteiger partial charge >= 0.3 is 0 Å². The quantitative estimate of drug-likeness (QED) is 0.808. The molecule has 20 heavy (non-hydrogen) atoms. The lowest BCUT2D eigenvalue weighted by Crippen LogP contribution is -2.36. The third kappa shape index (κ3) is 3.39. The van der Waals surface area contributed by atoms with Crippen molar-refractivity contribution in [2.75, 3.05) is 0 Å². The molecule has 0 spiro atoms. The normalized spacial score (nSPS) is 10.8. The molecule has 0 unspecified atom stereocenters. The van der Waals surface area contributed by atoms with Crippen molar-refractivity contribution in [1.82, 2.24) is 9.88 Å². The summed E-state index contributed by atoms with van der Waals surface area (Å²) in [7, 11) is 0. The fraction of sp³-hybridized carbons (Fsp3) is 0.333. The standard InChI is InChI=1S/C15H17ClN2O2/c1-10(2)18(9-12-8-7-11(3)20-12)15(19)13-5-4-6-14(16)17-13/h4-8,10H,9H2,1-3H3. The van der Waals surface area contributed by atoms with Gasteiger partial charge in [0, 0.05) is 6.04 Å². The van der Waals surface area contributed by atoms with Gasteiger partial charge in [0.05, 0.1) is 6.54 Å². The van der Waals surface area contributed by atoms with E-state index in [0.29, 0.717) is 17.4 Å². The van der Waals surface area contributed by atoms with Crippen LogP contribution >= 0.6 is 11.6 Å². The highest BCUT2D eigenvalue weighted by molar-refractivity contribution is 6.29. The van der Waals surface area contributed by atoms with E-state index >= 15 is 0 Å². The van der Waals surface area contributed by atoms with E-state index in [1.165, 1.54) is 0 Å². The Bertz CT molecular complexity index is 607. The Morgan fingerprint density at radius 3 is 2.65 bits per heavy atom. The number of aryl methyl sites for hydroxylation is 1. The Balaban J connectivity index is 2.22. The van der Waals surface area contributed by atoms with Crippen LogP contribution in [0, 0.1) is 6.92 Å². The lowest BCUT2D eigenvalue weighted by Gasteiger charge is -2.25. The fourth-order valence-electron chi connectivity index (χ4n) is 1.90.